The third-order valence-corrected chi connectivity index (χ3v) is 0.824. The number of rotatable bonds is 0. The van der Waals surface area contributed by atoms with Gasteiger partial charge in [0, 0.05) is 6.54 Å². The summed E-state index contributed by atoms with van der Waals surface area (Å²) in [6.45, 7) is 0.731. The summed E-state index contributed by atoms with van der Waals surface area (Å²) in [6.07, 6.45) is 3.28. The topological polar surface area (TPSA) is 38.3 Å². The first-order valence-electron chi connectivity index (χ1n) is 2.43. The minimum Gasteiger partial charge on any atom is -0.492 e. The molecule has 3 nitrogen and oxygen atoms in total. The number of nitrogens with one attached hydrogen (secondary N) is 1. The normalized spacial score (nSPS) is 18.8. The Hall–Kier alpha value is -0.990. The highest BCUT2D eigenvalue weighted by Crippen LogP contribution is 1.82. The van der Waals surface area contributed by atoms with Crippen LogP contribution in [-0.2, 0) is 9.53 Å². The number of carbonyl (C=O) groups is 1. The van der Waals surface area contributed by atoms with Crippen molar-refractivity contribution in [2.24, 2.45) is 0 Å². The van der Waals surface area contributed by atoms with Crippen LogP contribution in [0, 0.1) is 0 Å². The molecule has 8 heavy (non-hydrogen) atoms. The Morgan fingerprint density at radius 3 is 3.50 bits per heavy atom. The molecule has 0 aromatic heterocycles. The van der Waals surface area contributed by atoms with E-state index in [0.717, 1.165) is 0 Å². The summed E-state index contributed by atoms with van der Waals surface area (Å²) in [5, 5.41) is 2.59. The molecule has 0 aromatic carbocycles. The van der Waals surface area contributed by atoms with Gasteiger partial charge in [-0.2, -0.15) is 0 Å². The van der Waals surface area contributed by atoms with E-state index in [9.17, 15) is 4.79 Å². The quantitative estimate of drug-likeness (QED) is 0.466. The van der Waals surface area contributed by atoms with Gasteiger partial charge in [-0.15, -0.1) is 0 Å². The van der Waals surface area contributed by atoms with Crippen LogP contribution >= 0.6 is 0 Å². The number of ether oxygens (including phenoxy) is 1. The fraction of sp³-hybridized carbons (Fsp3) is 0.400. The van der Waals surface area contributed by atoms with Crippen molar-refractivity contribution in [1.82, 2.24) is 5.32 Å². The molecule has 0 saturated carbocycles. The van der Waals surface area contributed by atoms with Crippen molar-refractivity contribution in [2.75, 3.05) is 13.2 Å². The van der Waals surface area contributed by atoms with Gasteiger partial charge in [-0.1, -0.05) is 0 Å². The van der Waals surface area contributed by atoms with Gasteiger partial charge in [0.15, 0.2) is 6.61 Å². The maximum absolute atomic E-state index is 10.4. The second-order valence-corrected chi connectivity index (χ2v) is 1.49. The molecule has 0 aromatic rings. The molecule has 0 radical (unpaired) electrons. The zero-order valence-corrected chi connectivity index (χ0v) is 4.39. The van der Waals surface area contributed by atoms with E-state index < -0.39 is 0 Å². The van der Waals surface area contributed by atoms with E-state index in [4.69, 9.17) is 4.74 Å². The zero-order valence-electron chi connectivity index (χ0n) is 4.39. The van der Waals surface area contributed by atoms with Crippen LogP contribution in [0.2, 0.25) is 0 Å². The van der Waals surface area contributed by atoms with Crippen molar-refractivity contribution in [3.05, 3.63) is 12.3 Å². The molecule has 3 heteroatoms. The molecule has 0 atom stereocenters. The SMILES string of the molecule is O=C1COC=CCN1. The maximum Gasteiger partial charge on any atom is 0.258 e. The largest absolute Gasteiger partial charge is 0.492 e. The van der Waals surface area contributed by atoms with E-state index in [1.807, 2.05) is 0 Å². The number of hydrogen-bond donors (Lipinski definition) is 1. The van der Waals surface area contributed by atoms with Crippen molar-refractivity contribution in [3.8, 4) is 0 Å². The number of hydrogen-bond acceptors (Lipinski definition) is 2. The third kappa shape index (κ3) is 1.26. The van der Waals surface area contributed by atoms with Crippen LogP contribution in [0.3, 0.4) is 0 Å². The lowest BCUT2D eigenvalue weighted by Gasteiger charge is -1.94. The van der Waals surface area contributed by atoms with Gasteiger partial charge < -0.3 is 10.1 Å². The Balaban J connectivity index is 2.39. The van der Waals surface area contributed by atoms with Crippen molar-refractivity contribution in [1.29, 1.82) is 0 Å². The molecule has 0 aliphatic carbocycles. The van der Waals surface area contributed by atoms with E-state index in [2.05, 4.69) is 5.32 Å². The molecule has 0 fully saturated rings. The Kier molecular flexibility index (Phi) is 1.51. The second-order valence-electron chi connectivity index (χ2n) is 1.49. The van der Waals surface area contributed by atoms with Crippen LogP contribution in [0.1, 0.15) is 0 Å². The highest BCUT2D eigenvalue weighted by molar-refractivity contribution is 5.77. The predicted molar refractivity (Wildman–Crippen MR) is 28.1 cm³/mol. The average molecular weight is 113 g/mol. The molecule has 1 amide bonds. The van der Waals surface area contributed by atoms with Gasteiger partial charge >= 0.3 is 0 Å². The lowest BCUT2D eigenvalue weighted by molar-refractivity contribution is -0.123. The molecule has 1 rings (SSSR count). The molecule has 0 unspecified atom stereocenters. The van der Waals surface area contributed by atoms with E-state index in [0.29, 0.717) is 6.54 Å². The van der Waals surface area contributed by atoms with Crippen LogP contribution in [0.15, 0.2) is 12.3 Å². The highest BCUT2D eigenvalue weighted by atomic mass is 16.5. The fourth-order valence-corrected chi connectivity index (χ4v) is 0.464. The van der Waals surface area contributed by atoms with Crippen molar-refractivity contribution >= 4 is 5.91 Å². The summed E-state index contributed by atoms with van der Waals surface area (Å²) in [6, 6.07) is 0. The van der Waals surface area contributed by atoms with Crippen molar-refractivity contribution in [2.45, 2.75) is 0 Å². The summed E-state index contributed by atoms with van der Waals surface area (Å²) in [7, 11) is 0. The van der Waals surface area contributed by atoms with Gasteiger partial charge in [0.1, 0.15) is 0 Å². The lowest BCUT2D eigenvalue weighted by atomic mass is 10.6. The van der Waals surface area contributed by atoms with Gasteiger partial charge in [0.05, 0.1) is 6.26 Å². The van der Waals surface area contributed by atoms with Crippen LogP contribution in [0.25, 0.3) is 0 Å². The van der Waals surface area contributed by atoms with E-state index in [-0.39, 0.29) is 12.5 Å². The van der Waals surface area contributed by atoms with Crippen LogP contribution in [0.4, 0.5) is 0 Å². The molecule has 1 heterocycles. The third-order valence-electron chi connectivity index (χ3n) is 0.824. The van der Waals surface area contributed by atoms with E-state index >= 15 is 0 Å². The molecule has 0 bridgehead atoms. The van der Waals surface area contributed by atoms with Gasteiger partial charge in [-0.25, -0.2) is 0 Å². The lowest BCUT2D eigenvalue weighted by Crippen LogP contribution is -2.24. The minimum absolute atomic E-state index is 0.0602. The number of amides is 1. The molecule has 1 N–H and O–H groups in total. The molecular weight excluding hydrogens is 106 g/mol. The summed E-state index contributed by atoms with van der Waals surface area (Å²) in [5.74, 6) is -0.0602. The van der Waals surface area contributed by atoms with Gasteiger partial charge in [0.2, 0.25) is 0 Å². The van der Waals surface area contributed by atoms with Crippen LogP contribution in [-0.4, -0.2) is 19.1 Å². The van der Waals surface area contributed by atoms with Crippen LogP contribution in [0.5, 0.6) is 0 Å². The molecule has 0 saturated heterocycles. The zero-order chi connectivity index (χ0) is 5.82. The first kappa shape index (κ1) is 5.15. The summed E-state index contributed by atoms with van der Waals surface area (Å²) >= 11 is 0. The van der Waals surface area contributed by atoms with E-state index in [1.54, 1.807) is 6.08 Å². The fourth-order valence-electron chi connectivity index (χ4n) is 0.464. The van der Waals surface area contributed by atoms with Gasteiger partial charge in [0.25, 0.3) is 5.91 Å². The Morgan fingerprint density at radius 1 is 1.75 bits per heavy atom. The molecule has 1 aliphatic heterocycles. The molecule has 1 aliphatic rings. The summed E-state index contributed by atoms with van der Waals surface area (Å²) < 4.78 is 4.71. The molecule has 44 valence electrons. The maximum atomic E-state index is 10.4. The minimum atomic E-state index is -0.0602. The smallest absolute Gasteiger partial charge is 0.258 e. The molecule has 0 spiro atoms. The Labute approximate surface area is 47.3 Å². The van der Waals surface area contributed by atoms with Crippen LogP contribution < -0.4 is 5.32 Å². The second kappa shape index (κ2) is 2.35. The van der Waals surface area contributed by atoms with Crippen molar-refractivity contribution < 1.29 is 9.53 Å². The summed E-state index contributed by atoms with van der Waals surface area (Å²) in [5.41, 5.74) is 0. The Morgan fingerprint density at radius 2 is 2.62 bits per heavy atom. The average Bonchev–Trinajstić information content (AvgIpc) is 1.94. The molecular formula is C5H7NO2. The number of carbonyl (C=O) groups excluding carboxylic acids is 1. The van der Waals surface area contributed by atoms with Gasteiger partial charge in [-0.05, 0) is 6.08 Å². The van der Waals surface area contributed by atoms with Crippen molar-refractivity contribution in [3.63, 3.8) is 0 Å². The van der Waals surface area contributed by atoms with E-state index in [1.165, 1.54) is 6.26 Å². The monoisotopic (exact) mass is 113 g/mol. The predicted octanol–water partition coefficient (Wildman–Crippen LogP) is -0.353. The first-order chi connectivity index (χ1) is 3.89. The Bertz CT molecular complexity index is 108. The highest BCUT2D eigenvalue weighted by Gasteiger charge is 1.99. The summed E-state index contributed by atoms with van der Waals surface area (Å²) in [4.78, 5) is 10.4. The standard InChI is InChI=1S/C5H7NO2/c7-5-4-8-3-1-2-6-5/h1,3H,2,4H2,(H,6,7). The van der Waals surface area contributed by atoms with Gasteiger partial charge in [-0.3, -0.25) is 4.79 Å². The first-order valence-corrected chi connectivity index (χ1v) is 2.43.